The van der Waals surface area contributed by atoms with Gasteiger partial charge in [0.2, 0.25) is 5.91 Å². The number of fused-ring (bicyclic) bond motifs is 1. The molecule has 118 valence electrons. The summed E-state index contributed by atoms with van der Waals surface area (Å²) in [7, 11) is 0. The highest BCUT2D eigenvalue weighted by atomic mass is 16.4. The van der Waals surface area contributed by atoms with Crippen molar-refractivity contribution in [2.45, 2.75) is 63.5 Å². The van der Waals surface area contributed by atoms with Gasteiger partial charge in [-0.3, -0.25) is 4.79 Å². The number of hydrogen-bond donors (Lipinski definition) is 1. The van der Waals surface area contributed by atoms with Crippen LogP contribution in [0.2, 0.25) is 0 Å². The molecule has 0 spiro atoms. The molecule has 4 nitrogen and oxygen atoms in total. The van der Waals surface area contributed by atoms with Crippen LogP contribution in [0.1, 0.15) is 56.1 Å². The zero-order chi connectivity index (χ0) is 15.7. The van der Waals surface area contributed by atoms with Crippen LogP contribution in [-0.4, -0.2) is 34.0 Å². The van der Waals surface area contributed by atoms with Crippen LogP contribution in [0.25, 0.3) is 0 Å². The Bertz CT molecular complexity index is 579. The number of nitrogens with zero attached hydrogens (tertiary/aromatic N) is 1. The van der Waals surface area contributed by atoms with Crippen molar-refractivity contribution in [3.63, 3.8) is 0 Å². The number of rotatable bonds is 5. The number of aryl methyl sites for hydroxylation is 1. The van der Waals surface area contributed by atoms with Crippen LogP contribution < -0.4 is 0 Å². The van der Waals surface area contributed by atoms with Crippen molar-refractivity contribution in [1.82, 2.24) is 4.90 Å². The minimum absolute atomic E-state index is 0.000830. The summed E-state index contributed by atoms with van der Waals surface area (Å²) in [5.41, 5.74) is 2.62. The first-order valence-corrected chi connectivity index (χ1v) is 8.19. The molecule has 2 atom stereocenters. The van der Waals surface area contributed by atoms with Gasteiger partial charge in [-0.15, -0.1) is 0 Å². The molecule has 0 saturated heterocycles. The maximum Gasteiger partial charge on any atom is 0.326 e. The second kappa shape index (κ2) is 6.11. The van der Waals surface area contributed by atoms with Gasteiger partial charge in [0.05, 0.1) is 0 Å². The van der Waals surface area contributed by atoms with Crippen LogP contribution in [0.15, 0.2) is 24.3 Å². The summed E-state index contributed by atoms with van der Waals surface area (Å²) in [5.74, 6) is -0.678. The number of carbonyl (C=O) groups excluding carboxylic acids is 1. The molecule has 1 fully saturated rings. The smallest absolute Gasteiger partial charge is 0.326 e. The van der Waals surface area contributed by atoms with E-state index in [0.29, 0.717) is 6.42 Å². The quantitative estimate of drug-likeness (QED) is 0.909. The lowest BCUT2D eigenvalue weighted by atomic mass is 9.81. The molecule has 1 aromatic carbocycles. The monoisotopic (exact) mass is 301 g/mol. The summed E-state index contributed by atoms with van der Waals surface area (Å²) in [6.45, 7) is 1.62. The van der Waals surface area contributed by atoms with Gasteiger partial charge < -0.3 is 10.0 Å². The Labute approximate surface area is 131 Å². The Morgan fingerprint density at radius 1 is 1.27 bits per heavy atom. The van der Waals surface area contributed by atoms with E-state index in [9.17, 15) is 14.7 Å². The lowest BCUT2D eigenvalue weighted by Crippen LogP contribution is -2.45. The fourth-order valence-corrected chi connectivity index (χ4v) is 3.59. The number of benzene rings is 1. The molecule has 0 aromatic heterocycles. The number of aliphatic carboxylic acids is 1. The lowest BCUT2D eigenvalue weighted by Gasteiger charge is -2.30. The van der Waals surface area contributed by atoms with Crippen molar-refractivity contribution in [2.24, 2.45) is 0 Å². The molecule has 4 heteroatoms. The van der Waals surface area contributed by atoms with Gasteiger partial charge >= 0.3 is 5.97 Å². The Hall–Kier alpha value is -1.84. The second-order valence-electron chi connectivity index (χ2n) is 6.54. The van der Waals surface area contributed by atoms with E-state index in [4.69, 9.17) is 0 Å². The SMILES string of the molecule is CC(C(=O)O)N(C(=O)CC1CCCc2ccccc21)C1CC1. The molecule has 2 aliphatic carbocycles. The van der Waals surface area contributed by atoms with Crippen molar-refractivity contribution in [3.8, 4) is 0 Å². The zero-order valence-corrected chi connectivity index (χ0v) is 13.0. The van der Waals surface area contributed by atoms with Gasteiger partial charge in [0.15, 0.2) is 0 Å². The Kier molecular flexibility index (Phi) is 4.19. The van der Waals surface area contributed by atoms with Gasteiger partial charge in [-0.25, -0.2) is 4.79 Å². The molecule has 0 heterocycles. The number of hydrogen-bond acceptors (Lipinski definition) is 2. The molecule has 1 aromatic rings. The van der Waals surface area contributed by atoms with Crippen molar-refractivity contribution in [3.05, 3.63) is 35.4 Å². The molecular weight excluding hydrogens is 278 g/mol. The van der Waals surface area contributed by atoms with E-state index >= 15 is 0 Å². The summed E-state index contributed by atoms with van der Waals surface area (Å²) in [4.78, 5) is 25.6. The van der Waals surface area contributed by atoms with Crippen LogP contribution in [0.3, 0.4) is 0 Å². The molecule has 0 aliphatic heterocycles. The minimum atomic E-state index is -0.913. The fourth-order valence-electron chi connectivity index (χ4n) is 3.59. The lowest BCUT2D eigenvalue weighted by molar-refractivity contribution is -0.150. The molecule has 0 bridgehead atoms. The second-order valence-corrected chi connectivity index (χ2v) is 6.54. The number of amides is 1. The standard InChI is InChI=1S/C18H23NO3/c1-12(18(21)22)19(15-9-10-15)17(20)11-14-7-4-6-13-5-2-3-8-16(13)14/h2-3,5,8,12,14-15H,4,6-7,9-11H2,1H3,(H,21,22). The average Bonchev–Trinajstić information content (AvgIpc) is 3.32. The van der Waals surface area contributed by atoms with E-state index in [2.05, 4.69) is 12.1 Å². The number of carboxylic acids is 1. The molecule has 1 saturated carbocycles. The maximum atomic E-state index is 12.7. The summed E-state index contributed by atoms with van der Waals surface area (Å²) in [6, 6.07) is 7.75. The van der Waals surface area contributed by atoms with Crippen molar-refractivity contribution >= 4 is 11.9 Å². The van der Waals surface area contributed by atoms with Gasteiger partial charge in [-0.2, -0.15) is 0 Å². The van der Waals surface area contributed by atoms with Crippen LogP contribution >= 0.6 is 0 Å². The van der Waals surface area contributed by atoms with Gasteiger partial charge in [0.25, 0.3) is 0 Å². The van der Waals surface area contributed by atoms with Crippen molar-refractivity contribution in [1.29, 1.82) is 0 Å². The van der Waals surface area contributed by atoms with Crippen LogP contribution in [-0.2, 0) is 16.0 Å². The van der Waals surface area contributed by atoms with E-state index in [-0.39, 0.29) is 17.9 Å². The van der Waals surface area contributed by atoms with E-state index in [0.717, 1.165) is 32.1 Å². The molecule has 1 N–H and O–H groups in total. The van der Waals surface area contributed by atoms with Crippen LogP contribution in [0.5, 0.6) is 0 Å². The highest BCUT2D eigenvalue weighted by Crippen LogP contribution is 2.36. The van der Waals surface area contributed by atoms with Gasteiger partial charge in [-0.05, 0) is 56.1 Å². The van der Waals surface area contributed by atoms with Gasteiger partial charge in [-0.1, -0.05) is 24.3 Å². The molecule has 22 heavy (non-hydrogen) atoms. The topological polar surface area (TPSA) is 57.6 Å². The van der Waals surface area contributed by atoms with Crippen molar-refractivity contribution in [2.75, 3.05) is 0 Å². The Balaban J connectivity index is 1.75. The third-order valence-electron chi connectivity index (χ3n) is 4.92. The summed E-state index contributed by atoms with van der Waals surface area (Å²) < 4.78 is 0. The largest absolute Gasteiger partial charge is 0.480 e. The molecule has 0 radical (unpaired) electrons. The van der Waals surface area contributed by atoms with E-state index in [1.54, 1.807) is 11.8 Å². The van der Waals surface area contributed by atoms with Crippen LogP contribution in [0, 0.1) is 0 Å². The molecular formula is C18H23NO3. The third kappa shape index (κ3) is 3.01. The minimum Gasteiger partial charge on any atom is -0.480 e. The Morgan fingerprint density at radius 2 is 2.00 bits per heavy atom. The van der Waals surface area contributed by atoms with E-state index in [1.807, 2.05) is 12.1 Å². The van der Waals surface area contributed by atoms with Crippen molar-refractivity contribution < 1.29 is 14.7 Å². The molecule has 1 amide bonds. The van der Waals surface area contributed by atoms with E-state index < -0.39 is 12.0 Å². The first-order chi connectivity index (χ1) is 10.6. The molecule has 3 rings (SSSR count). The van der Waals surface area contributed by atoms with E-state index in [1.165, 1.54) is 11.1 Å². The highest BCUT2D eigenvalue weighted by Gasteiger charge is 2.39. The zero-order valence-electron chi connectivity index (χ0n) is 13.0. The van der Waals surface area contributed by atoms with Crippen LogP contribution in [0.4, 0.5) is 0 Å². The molecule has 2 unspecified atom stereocenters. The summed E-state index contributed by atoms with van der Waals surface area (Å²) >= 11 is 0. The highest BCUT2D eigenvalue weighted by molar-refractivity contribution is 5.84. The summed E-state index contributed by atoms with van der Waals surface area (Å²) in [5, 5.41) is 9.25. The maximum absolute atomic E-state index is 12.7. The Morgan fingerprint density at radius 3 is 2.68 bits per heavy atom. The first kappa shape index (κ1) is 15.1. The third-order valence-corrected chi connectivity index (χ3v) is 4.92. The first-order valence-electron chi connectivity index (χ1n) is 8.19. The fraction of sp³-hybridized carbons (Fsp3) is 0.556. The summed E-state index contributed by atoms with van der Waals surface area (Å²) in [6.07, 6.45) is 5.51. The van der Waals surface area contributed by atoms with Gasteiger partial charge in [0, 0.05) is 12.5 Å². The normalized spacial score (nSPS) is 21.8. The average molecular weight is 301 g/mol. The number of carbonyl (C=O) groups is 2. The predicted molar refractivity (Wildman–Crippen MR) is 83.7 cm³/mol. The number of carboxylic acid groups (broad SMARTS) is 1. The molecule has 2 aliphatic rings. The van der Waals surface area contributed by atoms with Gasteiger partial charge in [0.1, 0.15) is 6.04 Å². The predicted octanol–water partition coefficient (Wildman–Crippen LogP) is 2.96.